The van der Waals surface area contributed by atoms with Gasteiger partial charge >= 0.3 is 0 Å². The zero-order valence-electron chi connectivity index (χ0n) is 16.8. The van der Waals surface area contributed by atoms with Crippen molar-refractivity contribution in [2.45, 2.75) is 18.6 Å². The summed E-state index contributed by atoms with van der Waals surface area (Å²) in [6, 6.07) is 27.6. The third-order valence-electron chi connectivity index (χ3n) is 5.60. The Kier molecular flexibility index (Phi) is 5.14. The van der Waals surface area contributed by atoms with Crippen LogP contribution >= 0.6 is 12.2 Å². The van der Waals surface area contributed by atoms with Crippen LogP contribution in [0.2, 0.25) is 0 Å². The Labute approximate surface area is 186 Å². The smallest absolute Gasteiger partial charge is 0.170 e. The SMILES string of the molecule is Oc1ccc(-n2cccc2[C@@H]2[C@@H](c3ccccn3)NC(=S)N2Cc2ccccc2)cc1. The molecule has 3 heterocycles. The van der Waals surface area contributed by atoms with E-state index in [4.69, 9.17) is 12.2 Å². The van der Waals surface area contributed by atoms with Gasteiger partial charge in [0.05, 0.1) is 17.8 Å². The summed E-state index contributed by atoms with van der Waals surface area (Å²) < 4.78 is 2.15. The number of aromatic nitrogens is 2. The molecule has 1 aliphatic rings. The molecule has 2 aromatic heterocycles. The standard InChI is InChI=1S/C25H22N4OS/c30-20-13-11-19(12-14-20)28-16-6-10-22(28)24-23(21-9-4-5-15-26-21)27-25(31)29(24)17-18-7-2-1-3-8-18/h1-16,23-24,30H,17H2,(H,27,31)/t23-,24-/m1/s1. The number of hydrogen-bond donors (Lipinski definition) is 2. The van der Waals surface area contributed by atoms with Crippen molar-refractivity contribution in [2.75, 3.05) is 0 Å². The van der Waals surface area contributed by atoms with E-state index in [1.165, 1.54) is 5.56 Å². The molecule has 2 atom stereocenters. The van der Waals surface area contributed by atoms with E-state index in [0.717, 1.165) is 17.1 Å². The van der Waals surface area contributed by atoms with Gasteiger partial charge in [-0.1, -0.05) is 36.4 Å². The second-order valence-electron chi connectivity index (χ2n) is 7.56. The minimum Gasteiger partial charge on any atom is -0.508 e. The molecule has 2 N–H and O–H groups in total. The highest BCUT2D eigenvalue weighted by Crippen LogP contribution is 2.40. The molecule has 154 valence electrons. The molecule has 0 radical (unpaired) electrons. The number of phenolic OH excluding ortho intramolecular Hbond substituents is 1. The van der Waals surface area contributed by atoms with Gasteiger partial charge in [-0.3, -0.25) is 4.98 Å². The fourth-order valence-electron chi connectivity index (χ4n) is 4.16. The van der Waals surface area contributed by atoms with Gasteiger partial charge in [0.25, 0.3) is 0 Å². The monoisotopic (exact) mass is 426 g/mol. The van der Waals surface area contributed by atoms with Crippen LogP contribution in [0.3, 0.4) is 0 Å². The molecule has 2 aromatic carbocycles. The molecular weight excluding hydrogens is 404 g/mol. The van der Waals surface area contributed by atoms with Gasteiger partial charge in [0.15, 0.2) is 5.11 Å². The maximum atomic E-state index is 9.71. The Hall–Kier alpha value is -3.64. The lowest BCUT2D eigenvalue weighted by atomic mass is 10.0. The molecule has 31 heavy (non-hydrogen) atoms. The van der Waals surface area contributed by atoms with Crippen molar-refractivity contribution in [1.29, 1.82) is 0 Å². The van der Waals surface area contributed by atoms with Crippen LogP contribution in [0, 0.1) is 0 Å². The van der Waals surface area contributed by atoms with E-state index in [2.05, 4.69) is 38.0 Å². The van der Waals surface area contributed by atoms with Crippen molar-refractivity contribution >= 4 is 17.3 Å². The summed E-state index contributed by atoms with van der Waals surface area (Å²) in [4.78, 5) is 6.85. The van der Waals surface area contributed by atoms with Crippen molar-refractivity contribution < 1.29 is 5.11 Å². The van der Waals surface area contributed by atoms with E-state index in [1.54, 1.807) is 12.1 Å². The van der Waals surface area contributed by atoms with Gasteiger partial charge in [0, 0.05) is 30.3 Å². The van der Waals surface area contributed by atoms with Crippen molar-refractivity contribution in [3.05, 3.63) is 114 Å². The van der Waals surface area contributed by atoms with Crippen LogP contribution in [0.5, 0.6) is 5.75 Å². The number of phenols is 1. The van der Waals surface area contributed by atoms with Crippen LogP contribution in [0.25, 0.3) is 5.69 Å². The predicted molar refractivity (Wildman–Crippen MR) is 125 cm³/mol. The number of benzene rings is 2. The lowest BCUT2D eigenvalue weighted by Gasteiger charge is -2.29. The number of pyridine rings is 1. The first-order chi connectivity index (χ1) is 15.2. The largest absolute Gasteiger partial charge is 0.508 e. The van der Waals surface area contributed by atoms with Gasteiger partial charge in [-0.05, 0) is 66.3 Å². The van der Waals surface area contributed by atoms with Crippen LogP contribution in [0.1, 0.15) is 29.0 Å². The van der Waals surface area contributed by atoms with Gasteiger partial charge in [-0.15, -0.1) is 0 Å². The number of thiocarbonyl (C=S) groups is 1. The number of hydrogen-bond acceptors (Lipinski definition) is 3. The molecule has 1 fully saturated rings. The van der Waals surface area contributed by atoms with E-state index in [9.17, 15) is 5.11 Å². The van der Waals surface area contributed by atoms with Crippen molar-refractivity contribution in [2.24, 2.45) is 0 Å². The first-order valence-corrected chi connectivity index (χ1v) is 10.6. The Bertz CT molecular complexity index is 1180. The molecular formula is C25H22N4OS. The number of aromatic hydroxyl groups is 1. The fourth-order valence-corrected chi connectivity index (χ4v) is 4.47. The van der Waals surface area contributed by atoms with E-state index < -0.39 is 0 Å². The average molecular weight is 427 g/mol. The molecule has 0 spiro atoms. The summed E-state index contributed by atoms with van der Waals surface area (Å²) in [5.74, 6) is 0.248. The van der Waals surface area contributed by atoms with Gasteiger partial charge in [0.2, 0.25) is 0 Å². The molecule has 0 amide bonds. The van der Waals surface area contributed by atoms with Crippen LogP contribution in [0.15, 0.2) is 97.3 Å². The Morgan fingerprint density at radius 1 is 0.903 bits per heavy atom. The molecule has 0 aliphatic carbocycles. The lowest BCUT2D eigenvalue weighted by Crippen LogP contribution is -2.30. The van der Waals surface area contributed by atoms with Crippen LogP contribution in [-0.4, -0.2) is 24.7 Å². The number of nitrogens with one attached hydrogen (secondary N) is 1. The number of nitrogens with zero attached hydrogens (tertiary/aromatic N) is 3. The minimum atomic E-state index is -0.0804. The first kappa shape index (κ1) is 19.3. The van der Waals surface area contributed by atoms with Crippen molar-refractivity contribution in [3.63, 3.8) is 0 Å². The summed E-state index contributed by atoms with van der Waals surface area (Å²) in [7, 11) is 0. The molecule has 5 nitrogen and oxygen atoms in total. The maximum Gasteiger partial charge on any atom is 0.170 e. The summed E-state index contributed by atoms with van der Waals surface area (Å²) in [6.45, 7) is 0.696. The first-order valence-electron chi connectivity index (χ1n) is 10.2. The molecule has 0 saturated carbocycles. The van der Waals surface area contributed by atoms with E-state index >= 15 is 0 Å². The third-order valence-corrected chi connectivity index (χ3v) is 5.96. The van der Waals surface area contributed by atoms with Crippen LogP contribution in [0.4, 0.5) is 0 Å². The molecule has 4 aromatic rings. The predicted octanol–water partition coefficient (Wildman–Crippen LogP) is 4.75. The molecule has 0 bridgehead atoms. The highest BCUT2D eigenvalue weighted by atomic mass is 32.1. The van der Waals surface area contributed by atoms with E-state index in [1.807, 2.05) is 67.0 Å². The quantitative estimate of drug-likeness (QED) is 0.451. The van der Waals surface area contributed by atoms with E-state index in [-0.39, 0.29) is 17.8 Å². The highest BCUT2D eigenvalue weighted by molar-refractivity contribution is 7.80. The summed E-state index contributed by atoms with van der Waals surface area (Å²) >= 11 is 5.79. The third kappa shape index (κ3) is 3.78. The topological polar surface area (TPSA) is 53.3 Å². The Balaban J connectivity index is 1.60. The molecule has 6 heteroatoms. The summed E-state index contributed by atoms with van der Waals surface area (Å²) in [5.41, 5.74) is 4.23. The highest BCUT2D eigenvalue weighted by Gasteiger charge is 2.41. The molecule has 1 aliphatic heterocycles. The van der Waals surface area contributed by atoms with Crippen molar-refractivity contribution in [1.82, 2.24) is 19.8 Å². The van der Waals surface area contributed by atoms with Crippen molar-refractivity contribution in [3.8, 4) is 11.4 Å². The zero-order chi connectivity index (χ0) is 21.2. The molecule has 0 unspecified atom stereocenters. The van der Waals surface area contributed by atoms with Crippen LogP contribution < -0.4 is 5.32 Å². The second kappa shape index (κ2) is 8.24. The molecule has 5 rings (SSSR count). The van der Waals surface area contributed by atoms with E-state index in [0.29, 0.717) is 11.7 Å². The Morgan fingerprint density at radius 3 is 2.42 bits per heavy atom. The average Bonchev–Trinajstić information content (AvgIpc) is 3.40. The Morgan fingerprint density at radius 2 is 1.68 bits per heavy atom. The minimum absolute atomic E-state index is 0.0496. The van der Waals surface area contributed by atoms with Gasteiger partial charge in [-0.25, -0.2) is 0 Å². The van der Waals surface area contributed by atoms with Gasteiger partial charge in [0.1, 0.15) is 5.75 Å². The second-order valence-corrected chi connectivity index (χ2v) is 7.95. The fraction of sp³-hybridized carbons (Fsp3) is 0.120. The number of rotatable bonds is 5. The summed E-state index contributed by atoms with van der Waals surface area (Å²) in [5, 5.41) is 13.9. The molecule has 1 saturated heterocycles. The zero-order valence-corrected chi connectivity index (χ0v) is 17.6. The van der Waals surface area contributed by atoms with Crippen LogP contribution in [-0.2, 0) is 6.54 Å². The normalized spacial score (nSPS) is 18.2. The summed E-state index contributed by atoms with van der Waals surface area (Å²) in [6.07, 6.45) is 3.86. The van der Waals surface area contributed by atoms with Gasteiger partial charge in [-0.2, -0.15) is 0 Å². The van der Waals surface area contributed by atoms with Gasteiger partial charge < -0.3 is 19.9 Å². The lowest BCUT2D eigenvalue weighted by molar-refractivity contribution is 0.302. The maximum absolute atomic E-state index is 9.71.